The van der Waals surface area contributed by atoms with Crippen molar-refractivity contribution in [3.8, 4) is 0 Å². The molecule has 0 saturated carbocycles. The van der Waals surface area contributed by atoms with Gasteiger partial charge in [-0.3, -0.25) is 0 Å². The first kappa shape index (κ1) is 22.1. The summed E-state index contributed by atoms with van der Waals surface area (Å²) in [5.74, 6) is 0.359. The van der Waals surface area contributed by atoms with Crippen LogP contribution in [0.5, 0.6) is 0 Å². The van der Waals surface area contributed by atoms with E-state index in [1.807, 2.05) is 13.8 Å². The molecule has 0 aromatic carbocycles. The summed E-state index contributed by atoms with van der Waals surface area (Å²) in [4.78, 5) is 11.8. The van der Waals surface area contributed by atoms with Gasteiger partial charge in [0.05, 0.1) is 19.0 Å². The van der Waals surface area contributed by atoms with Gasteiger partial charge in [0.25, 0.3) is 0 Å². The molecule has 0 radical (unpaired) electrons. The van der Waals surface area contributed by atoms with Gasteiger partial charge >= 0.3 is 6.16 Å². The fourth-order valence-electron chi connectivity index (χ4n) is 2.68. The number of carbonyl (C=O) groups excluding carboxylic acids is 1. The second-order valence-electron chi connectivity index (χ2n) is 6.59. The Balaban J connectivity index is 2.44. The summed E-state index contributed by atoms with van der Waals surface area (Å²) in [6.45, 7) is 8.08. The summed E-state index contributed by atoms with van der Waals surface area (Å²) in [5.41, 5.74) is 0. The van der Waals surface area contributed by atoms with Crippen LogP contribution in [0.4, 0.5) is 4.79 Å². The molecule has 0 spiro atoms. The summed E-state index contributed by atoms with van der Waals surface area (Å²) < 4.78 is 40.7. The van der Waals surface area contributed by atoms with E-state index in [2.05, 4.69) is 5.32 Å². The van der Waals surface area contributed by atoms with Crippen molar-refractivity contribution in [1.82, 2.24) is 9.62 Å². The SMILES string of the molecule is CCN(C[C@@H](COC(=O)OCC1CCNCC1)OC(C)C)S(C)(=O)=O. The molecule has 9 heteroatoms. The first-order valence-electron chi connectivity index (χ1n) is 8.83. The predicted molar refractivity (Wildman–Crippen MR) is 95.0 cm³/mol. The van der Waals surface area contributed by atoms with E-state index >= 15 is 0 Å². The number of rotatable bonds is 10. The van der Waals surface area contributed by atoms with Gasteiger partial charge in [-0.05, 0) is 45.7 Å². The quantitative estimate of drug-likeness (QED) is 0.569. The number of nitrogens with one attached hydrogen (secondary N) is 1. The molecule has 0 amide bonds. The molecular weight excluding hydrogens is 348 g/mol. The van der Waals surface area contributed by atoms with Crippen LogP contribution in [0.25, 0.3) is 0 Å². The van der Waals surface area contributed by atoms with E-state index in [-0.39, 0.29) is 19.3 Å². The summed E-state index contributed by atoms with van der Waals surface area (Å²) in [7, 11) is -3.33. The van der Waals surface area contributed by atoms with Gasteiger partial charge in [-0.25, -0.2) is 13.2 Å². The highest BCUT2D eigenvalue weighted by atomic mass is 32.2. The van der Waals surface area contributed by atoms with Crippen LogP contribution in [0, 0.1) is 5.92 Å². The predicted octanol–water partition coefficient (Wildman–Crippen LogP) is 1.21. The van der Waals surface area contributed by atoms with Crippen LogP contribution in [0.3, 0.4) is 0 Å². The van der Waals surface area contributed by atoms with Gasteiger partial charge < -0.3 is 19.5 Å². The maximum absolute atomic E-state index is 11.8. The molecule has 0 aromatic rings. The lowest BCUT2D eigenvalue weighted by Gasteiger charge is -2.26. The molecule has 25 heavy (non-hydrogen) atoms. The van der Waals surface area contributed by atoms with Crippen LogP contribution >= 0.6 is 0 Å². The average molecular weight is 381 g/mol. The van der Waals surface area contributed by atoms with Gasteiger partial charge in [-0.15, -0.1) is 0 Å². The van der Waals surface area contributed by atoms with E-state index in [1.54, 1.807) is 6.92 Å². The largest absolute Gasteiger partial charge is 0.508 e. The Morgan fingerprint density at radius 3 is 2.40 bits per heavy atom. The minimum absolute atomic E-state index is 0.0464. The molecule has 1 aliphatic heterocycles. The van der Waals surface area contributed by atoms with E-state index in [0.717, 1.165) is 32.2 Å². The summed E-state index contributed by atoms with van der Waals surface area (Å²) in [6, 6.07) is 0. The van der Waals surface area contributed by atoms with Gasteiger partial charge in [0.2, 0.25) is 10.0 Å². The number of likely N-dealkylation sites (N-methyl/N-ethyl adjacent to an activating group) is 1. The number of nitrogens with zero attached hydrogens (tertiary/aromatic N) is 1. The number of hydrogen-bond donors (Lipinski definition) is 1. The fourth-order valence-corrected chi connectivity index (χ4v) is 3.59. The molecule has 0 bridgehead atoms. The Hall–Kier alpha value is -0.900. The van der Waals surface area contributed by atoms with Crippen LogP contribution in [0.2, 0.25) is 0 Å². The lowest BCUT2D eigenvalue weighted by Crippen LogP contribution is -2.41. The molecule has 8 nitrogen and oxygen atoms in total. The molecule has 148 valence electrons. The van der Waals surface area contributed by atoms with E-state index in [0.29, 0.717) is 19.1 Å². The Labute approximate surface area is 151 Å². The van der Waals surface area contributed by atoms with E-state index in [9.17, 15) is 13.2 Å². The summed E-state index contributed by atoms with van der Waals surface area (Å²) in [5, 5.41) is 3.25. The van der Waals surface area contributed by atoms with Gasteiger partial charge in [0.1, 0.15) is 12.7 Å². The number of piperidine rings is 1. The van der Waals surface area contributed by atoms with Crippen molar-refractivity contribution >= 4 is 16.2 Å². The normalized spacial score (nSPS) is 17.7. The van der Waals surface area contributed by atoms with Crippen molar-refractivity contribution in [3.05, 3.63) is 0 Å². The Kier molecular flexibility index (Phi) is 9.70. The molecule has 0 unspecified atom stereocenters. The zero-order valence-electron chi connectivity index (χ0n) is 15.7. The Morgan fingerprint density at radius 1 is 1.24 bits per heavy atom. The summed E-state index contributed by atoms with van der Waals surface area (Å²) >= 11 is 0. The van der Waals surface area contributed by atoms with Crippen molar-refractivity contribution in [3.63, 3.8) is 0 Å². The molecule has 1 atom stereocenters. The van der Waals surface area contributed by atoms with Crippen molar-refractivity contribution in [1.29, 1.82) is 0 Å². The van der Waals surface area contributed by atoms with Crippen LogP contribution < -0.4 is 5.32 Å². The monoisotopic (exact) mass is 380 g/mol. The highest BCUT2D eigenvalue weighted by molar-refractivity contribution is 7.88. The molecule has 0 aliphatic carbocycles. The highest BCUT2D eigenvalue weighted by Gasteiger charge is 2.23. The summed E-state index contributed by atoms with van der Waals surface area (Å²) in [6.07, 6.45) is 1.71. The van der Waals surface area contributed by atoms with Crippen LogP contribution in [0.15, 0.2) is 0 Å². The van der Waals surface area contributed by atoms with E-state index < -0.39 is 22.3 Å². The third-order valence-corrected chi connectivity index (χ3v) is 5.32. The average Bonchev–Trinajstić information content (AvgIpc) is 2.54. The molecule has 1 aliphatic rings. The zero-order valence-corrected chi connectivity index (χ0v) is 16.5. The van der Waals surface area contributed by atoms with Gasteiger partial charge in [0.15, 0.2) is 0 Å². The van der Waals surface area contributed by atoms with Crippen molar-refractivity contribution in [2.24, 2.45) is 5.92 Å². The topological polar surface area (TPSA) is 94.2 Å². The van der Waals surface area contributed by atoms with Crippen LogP contribution in [-0.2, 0) is 24.2 Å². The number of carbonyl (C=O) groups is 1. The third-order valence-electron chi connectivity index (χ3n) is 3.98. The van der Waals surface area contributed by atoms with Gasteiger partial charge in [-0.1, -0.05) is 6.92 Å². The molecule has 0 aromatic heterocycles. The van der Waals surface area contributed by atoms with Crippen LogP contribution in [-0.4, -0.2) is 76.7 Å². The molecule has 1 rings (SSSR count). The Bertz CT molecular complexity index is 491. The van der Waals surface area contributed by atoms with E-state index in [1.165, 1.54) is 4.31 Å². The second kappa shape index (κ2) is 10.9. The third kappa shape index (κ3) is 9.39. The van der Waals surface area contributed by atoms with Crippen LogP contribution in [0.1, 0.15) is 33.6 Å². The highest BCUT2D eigenvalue weighted by Crippen LogP contribution is 2.12. The standard InChI is InChI=1S/C16H32N2O6S/c1-5-18(25(4,20)21)10-15(24-13(2)3)12-23-16(19)22-11-14-6-8-17-9-7-14/h13-15,17H,5-12H2,1-4H3/t15-/m0/s1. The maximum Gasteiger partial charge on any atom is 0.508 e. The number of sulfonamides is 1. The van der Waals surface area contributed by atoms with Crippen molar-refractivity contribution < 1.29 is 27.4 Å². The molecule has 1 fully saturated rings. The van der Waals surface area contributed by atoms with E-state index in [4.69, 9.17) is 14.2 Å². The molecule has 1 saturated heterocycles. The fraction of sp³-hybridized carbons (Fsp3) is 0.938. The zero-order chi connectivity index (χ0) is 18.9. The lowest BCUT2D eigenvalue weighted by atomic mass is 9.99. The number of ether oxygens (including phenoxy) is 3. The second-order valence-corrected chi connectivity index (χ2v) is 8.57. The van der Waals surface area contributed by atoms with Gasteiger partial charge in [0, 0.05) is 13.1 Å². The lowest BCUT2D eigenvalue weighted by molar-refractivity contribution is -0.0481. The Morgan fingerprint density at radius 2 is 1.88 bits per heavy atom. The van der Waals surface area contributed by atoms with Crippen molar-refractivity contribution in [2.75, 3.05) is 45.6 Å². The molecule has 1 N–H and O–H groups in total. The molecule has 1 heterocycles. The minimum atomic E-state index is -3.33. The first-order valence-corrected chi connectivity index (χ1v) is 10.7. The number of hydrogen-bond acceptors (Lipinski definition) is 7. The maximum atomic E-state index is 11.8. The molecular formula is C16H32N2O6S. The minimum Gasteiger partial charge on any atom is -0.434 e. The first-order chi connectivity index (χ1) is 11.7. The van der Waals surface area contributed by atoms with Crippen molar-refractivity contribution in [2.45, 2.75) is 45.8 Å². The van der Waals surface area contributed by atoms with Gasteiger partial charge in [-0.2, -0.15) is 4.31 Å². The smallest absolute Gasteiger partial charge is 0.434 e.